The molecule has 0 radical (unpaired) electrons. The Hall–Kier alpha value is -7.80. The van der Waals surface area contributed by atoms with Crippen molar-refractivity contribution in [3.63, 3.8) is 0 Å². The van der Waals surface area contributed by atoms with E-state index in [0.717, 1.165) is 0 Å². The van der Waals surface area contributed by atoms with Gasteiger partial charge in [-0.1, -0.05) is 206 Å². The molecule has 0 unspecified atom stereocenters. The van der Waals surface area contributed by atoms with Crippen molar-refractivity contribution in [2.75, 3.05) is 0 Å². The molecule has 278 valence electrons. The lowest BCUT2D eigenvalue weighted by Gasteiger charge is -2.21. The molecule has 12 rings (SSSR count). The summed E-state index contributed by atoms with van der Waals surface area (Å²) >= 11 is 0. The van der Waals surface area contributed by atoms with Gasteiger partial charge in [0.05, 0.1) is 0 Å². The second kappa shape index (κ2) is 13.9. The van der Waals surface area contributed by atoms with E-state index in [1.54, 1.807) is 0 Å². The van der Waals surface area contributed by atoms with Crippen LogP contribution < -0.4 is 0 Å². The number of hydrogen-bond donors (Lipinski definition) is 0. The first-order chi connectivity index (χ1) is 29.8. The minimum atomic E-state index is 1.19. The van der Waals surface area contributed by atoms with Crippen molar-refractivity contribution in [3.05, 3.63) is 231 Å². The fraction of sp³-hybridized carbons (Fsp3) is 0. The number of fused-ring (bicyclic) bond motifs is 8. The van der Waals surface area contributed by atoms with E-state index in [0.29, 0.717) is 0 Å². The first kappa shape index (κ1) is 34.3. The van der Waals surface area contributed by atoms with Gasteiger partial charge < -0.3 is 0 Å². The molecule has 0 amide bonds. The average molecular weight is 759 g/mol. The van der Waals surface area contributed by atoms with E-state index in [-0.39, 0.29) is 0 Å². The number of hydrogen-bond acceptors (Lipinski definition) is 0. The molecule has 0 aromatic heterocycles. The normalized spacial score (nSPS) is 11.7. The van der Waals surface area contributed by atoms with E-state index < -0.39 is 0 Å². The van der Waals surface area contributed by atoms with Crippen molar-refractivity contribution < 1.29 is 0 Å². The maximum absolute atomic E-state index is 2.46. The van der Waals surface area contributed by atoms with Crippen molar-refractivity contribution in [2.24, 2.45) is 0 Å². The molecule has 0 saturated heterocycles. The number of benzene rings is 12. The third-order valence-corrected chi connectivity index (χ3v) is 12.6. The highest BCUT2D eigenvalue weighted by Crippen LogP contribution is 2.48. The summed E-state index contributed by atoms with van der Waals surface area (Å²) in [5, 5.41) is 15.0. The van der Waals surface area contributed by atoms with Gasteiger partial charge in [-0.15, -0.1) is 0 Å². The number of rotatable bonds is 5. The second-order valence-electron chi connectivity index (χ2n) is 16.0. The van der Waals surface area contributed by atoms with Crippen molar-refractivity contribution in [2.45, 2.75) is 0 Å². The summed E-state index contributed by atoms with van der Waals surface area (Å²) in [6.45, 7) is 0. The Morgan fingerprint density at radius 2 is 0.467 bits per heavy atom. The summed E-state index contributed by atoms with van der Waals surface area (Å²) in [6, 6.07) is 85.3. The van der Waals surface area contributed by atoms with E-state index in [1.165, 1.54) is 120 Å². The predicted octanol–water partition coefficient (Wildman–Crippen LogP) is 16.9. The van der Waals surface area contributed by atoms with Gasteiger partial charge in [0, 0.05) is 0 Å². The quantitative estimate of drug-likeness (QED) is 0.153. The molecule has 12 aromatic rings. The maximum atomic E-state index is 2.46. The molecule has 12 aromatic carbocycles. The third-order valence-electron chi connectivity index (χ3n) is 12.6. The van der Waals surface area contributed by atoms with Crippen LogP contribution >= 0.6 is 0 Å². The predicted molar refractivity (Wildman–Crippen MR) is 259 cm³/mol. The van der Waals surface area contributed by atoms with E-state index in [9.17, 15) is 0 Å². The van der Waals surface area contributed by atoms with Gasteiger partial charge in [-0.25, -0.2) is 0 Å². The van der Waals surface area contributed by atoms with Crippen LogP contribution in [0.4, 0.5) is 0 Å². The molecule has 0 fully saturated rings. The summed E-state index contributed by atoms with van der Waals surface area (Å²) in [4.78, 5) is 0. The van der Waals surface area contributed by atoms with Crippen molar-refractivity contribution in [1.29, 1.82) is 0 Å². The molecule has 0 spiro atoms. The second-order valence-corrected chi connectivity index (χ2v) is 16.0. The minimum Gasteiger partial charge on any atom is -0.0622 e. The van der Waals surface area contributed by atoms with Crippen LogP contribution in [-0.2, 0) is 0 Å². The molecular formula is C60H38. The highest BCUT2D eigenvalue weighted by Gasteiger charge is 2.21. The molecule has 0 aliphatic heterocycles. The smallest absolute Gasteiger partial charge is 0.00199 e. The Labute approximate surface area is 349 Å². The molecule has 0 N–H and O–H groups in total. The molecule has 0 heteroatoms. The van der Waals surface area contributed by atoms with Crippen LogP contribution in [0.2, 0.25) is 0 Å². The maximum Gasteiger partial charge on any atom is -0.00199 e. The molecule has 0 aliphatic carbocycles. The standard InChI is InChI=1S/C60H38/c1-3-17-41(18-4-1)57-53-25-13-11-23-49(53)51-33-31-45(37-55(51)58(57)42-19-5-2-6-20-42)46-32-34-52-50-24-12-14-26-54(50)59(47-29-27-39-15-7-9-21-43(39)35-47)60(56(52)38-46)48-30-28-40-16-8-10-22-44(40)36-48/h1-38H. The Balaban J connectivity index is 1.18. The fourth-order valence-corrected chi connectivity index (χ4v) is 9.84. The Kier molecular flexibility index (Phi) is 7.96. The summed E-state index contributed by atoms with van der Waals surface area (Å²) in [5.74, 6) is 0. The van der Waals surface area contributed by atoms with Gasteiger partial charge in [0.2, 0.25) is 0 Å². The highest BCUT2D eigenvalue weighted by atomic mass is 14.2. The Morgan fingerprint density at radius 3 is 0.933 bits per heavy atom. The largest absolute Gasteiger partial charge is 0.0622 e. The lowest BCUT2D eigenvalue weighted by molar-refractivity contribution is 1.62. The van der Waals surface area contributed by atoms with Gasteiger partial charge in [-0.05, 0) is 145 Å². The summed E-state index contributed by atoms with van der Waals surface area (Å²) in [7, 11) is 0. The Bertz CT molecular complexity index is 3630. The van der Waals surface area contributed by atoms with E-state index >= 15 is 0 Å². The van der Waals surface area contributed by atoms with Gasteiger partial charge in [-0.3, -0.25) is 0 Å². The fourth-order valence-electron chi connectivity index (χ4n) is 9.84. The van der Waals surface area contributed by atoms with Crippen LogP contribution in [0.25, 0.3) is 120 Å². The average Bonchev–Trinajstić information content (AvgIpc) is 3.33. The highest BCUT2D eigenvalue weighted by molar-refractivity contribution is 6.24. The van der Waals surface area contributed by atoms with Crippen molar-refractivity contribution in [1.82, 2.24) is 0 Å². The van der Waals surface area contributed by atoms with Gasteiger partial charge >= 0.3 is 0 Å². The first-order valence-corrected chi connectivity index (χ1v) is 20.8. The summed E-state index contributed by atoms with van der Waals surface area (Å²) < 4.78 is 0. The lowest BCUT2D eigenvalue weighted by atomic mass is 9.82. The van der Waals surface area contributed by atoms with Gasteiger partial charge in [0.15, 0.2) is 0 Å². The molecule has 0 atom stereocenters. The van der Waals surface area contributed by atoms with Crippen LogP contribution in [-0.4, -0.2) is 0 Å². The zero-order valence-corrected chi connectivity index (χ0v) is 32.9. The molecule has 0 saturated carbocycles. The van der Waals surface area contributed by atoms with E-state index in [4.69, 9.17) is 0 Å². The molecule has 0 heterocycles. The minimum absolute atomic E-state index is 1.19. The van der Waals surface area contributed by atoms with E-state index in [1.807, 2.05) is 0 Å². The van der Waals surface area contributed by atoms with E-state index in [2.05, 4.69) is 231 Å². The molecule has 0 aliphatic rings. The van der Waals surface area contributed by atoms with Crippen LogP contribution in [0.5, 0.6) is 0 Å². The van der Waals surface area contributed by atoms with Crippen LogP contribution in [0.1, 0.15) is 0 Å². The van der Waals surface area contributed by atoms with Gasteiger partial charge in [0.1, 0.15) is 0 Å². The summed E-state index contributed by atoms with van der Waals surface area (Å²) in [6.07, 6.45) is 0. The third kappa shape index (κ3) is 5.53. The molecule has 60 heavy (non-hydrogen) atoms. The zero-order chi connectivity index (χ0) is 39.6. The molecule has 0 bridgehead atoms. The van der Waals surface area contributed by atoms with Crippen molar-refractivity contribution in [3.8, 4) is 55.6 Å². The summed E-state index contributed by atoms with van der Waals surface area (Å²) in [5.41, 5.74) is 12.3. The van der Waals surface area contributed by atoms with Crippen LogP contribution in [0.3, 0.4) is 0 Å². The topological polar surface area (TPSA) is 0 Å². The van der Waals surface area contributed by atoms with Gasteiger partial charge in [-0.2, -0.15) is 0 Å². The van der Waals surface area contributed by atoms with Crippen molar-refractivity contribution >= 4 is 64.6 Å². The zero-order valence-electron chi connectivity index (χ0n) is 32.9. The molecular weight excluding hydrogens is 721 g/mol. The lowest BCUT2D eigenvalue weighted by Crippen LogP contribution is -1.94. The SMILES string of the molecule is c1ccc(-c2c(-c3ccccc3)c3cc(-c4ccc5c(c4)c(-c4ccc6ccccc6c4)c(-c4ccc6ccccc6c4)c4ccccc45)ccc3c3ccccc23)cc1. The van der Waals surface area contributed by atoms with Crippen LogP contribution in [0.15, 0.2) is 231 Å². The Morgan fingerprint density at radius 1 is 0.150 bits per heavy atom. The first-order valence-electron chi connectivity index (χ1n) is 20.8. The van der Waals surface area contributed by atoms with Gasteiger partial charge in [0.25, 0.3) is 0 Å². The van der Waals surface area contributed by atoms with Crippen LogP contribution in [0, 0.1) is 0 Å². The monoisotopic (exact) mass is 758 g/mol. The molecule has 0 nitrogen and oxygen atoms in total.